The molecule has 98 valence electrons. The van der Waals surface area contributed by atoms with Gasteiger partial charge in [-0.15, -0.1) is 0 Å². The molecule has 0 spiro atoms. The van der Waals surface area contributed by atoms with Crippen molar-refractivity contribution in [2.45, 2.75) is 25.4 Å². The molecule has 4 nitrogen and oxygen atoms in total. The maximum atomic E-state index is 7.53. The quantitative estimate of drug-likeness (QED) is 0.649. The zero-order valence-electron chi connectivity index (χ0n) is 10.5. The molecule has 0 amide bonds. The molecule has 0 atom stereocenters. The van der Waals surface area contributed by atoms with E-state index in [4.69, 9.17) is 11.1 Å². The van der Waals surface area contributed by atoms with Gasteiger partial charge in [0, 0.05) is 24.3 Å². The molecule has 0 saturated heterocycles. The number of nitrogens with one attached hydrogen (secondary N) is 1. The number of thiophene rings is 1. The van der Waals surface area contributed by atoms with Gasteiger partial charge in [0.2, 0.25) is 0 Å². The molecule has 2 aromatic heterocycles. The van der Waals surface area contributed by atoms with Crippen LogP contribution in [0.4, 0.5) is 5.82 Å². The third-order valence-electron chi connectivity index (χ3n) is 3.27. The van der Waals surface area contributed by atoms with E-state index in [1.165, 1.54) is 18.4 Å². The van der Waals surface area contributed by atoms with E-state index in [0.717, 1.165) is 17.9 Å². The van der Waals surface area contributed by atoms with Gasteiger partial charge in [-0.25, -0.2) is 4.98 Å². The predicted octanol–water partition coefficient (Wildman–Crippen LogP) is 2.60. The molecule has 1 fully saturated rings. The number of nitrogens with zero attached hydrogens (tertiary/aromatic N) is 2. The number of pyridine rings is 1. The Labute approximate surface area is 116 Å². The number of hydrogen-bond acceptors (Lipinski definition) is 4. The average Bonchev–Trinajstić information content (AvgIpc) is 3.13. The van der Waals surface area contributed by atoms with Gasteiger partial charge >= 0.3 is 0 Å². The second-order valence-corrected chi connectivity index (χ2v) is 5.59. The second kappa shape index (κ2) is 5.01. The number of nitrogen functional groups attached to an aromatic ring is 1. The first-order valence-electron chi connectivity index (χ1n) is 6.32. The summed E-state index contributed by atoms with van der Waals surface area (Å²) in [6, 6.07) is 6.42. The molecule has 1 saturated carbocycles. The monoisotopic (exact) mass is 272 g/mol. The molecule has 1 aliphatic carbocycles. The normalized spacial score (nSPS) is 14.3. The van der Waals surface area contributed by atoms with Crippen molar-refractivity contribution in [3.8, 4) is 0 Å². The molecule has 0 bridgehead atoms. The van der Waals surface area contributed by atoms with E-state index in [1.807, 2.05) is 6.07 Å². The molecular formula is C14H16N4S. The highest BCUT2D eigenvalue weighted by Gasteiger charge is 2.30. The Hall–Kier alpha value is -1.88. The molecule has 3 rings (SSSR count). The van der Waals surface area contributed by atoms with Crippen LogP contribution in [0.15, 0.2) is 35.2 Å². The van der Waals surface area contributed by atoms with Crippen molar-refractivity contribution in [3.63, 3.8) is 0 Å². The van der Waals surface area contributed by atoms with Crippen LogP contribution < -0.4 is 10.6 Å². The van der Waals surface area contributed by atoms with Crippen molar-refractivity contribution in [1.82, 2.24) is 4.98 Å². The summed E-state index contributed by atoms with van der Waals surface area (Å²) in [5.41, 5.74) is 7.60. The first-order valence-corrected chi connectivity index (χ1v) is 7.26. The number of anilines is 1. The Morgan fingerprint density at radius 2 is 2.32 bits per heavy atom. The molecule has 0 aromatic carbocycles. The summed E-state index contributed by atoms with van der Waals surface area (Å²) < 4.78 is 0. The summed E-state index contributed by atoms with van der Waals surface area (Å²) >= 11 is 1.72. The third-order valence-corrected chi connectivity index (χ3v) is 4.00. The number of amidine groups is 1. The minimum atomic E-state index is 0.0925. The maximum absolute atomic E-state index is 7.53. The standard InChI is InChI=1S/C14H16N4S/c15-14(16)11-3-5-17-13(7-11)18(12-1-2-12)8-10-4-6-19-9-10/h3-7,9,12H,1-2,8H2,(H3,15,16). The smallest absolute Gasteiger partial charge is 0.129 e. The second-order valence-electron chi connectivity index (χ2n) is 4.81. The van der Waals surface area contributed by atoms with Crippen LogP contribution in [0.25, 0.3) is 0 Å². The fourth-order valence-corrected chi connectivity index (χ4v) is 2.77. The first kappa shape index (κ1) is 12.2. The SMILES string of the molecule is N=C(N)c1ccnc(N(Cc2ccsc2)C2CC2)c1. The molecule has 19 heavy (non-hydrogen) atoms. The lowest BCUT2D eigenvalue weighted by molar-refractivity contribution is 0.780. The lowest BCUT2D eigenvalue weighted by Crippen LogP contribution is -2.26. The Morgan fingerprint density at radius 3 is 2.95 bits per heavy atom. The summed E-state index contributed by atoms with van der Waals surface area (Å²) in [7, 11) is 0. The molecule has 2 heterocycles. The number of aromatic nitrogens is 1. The summed E-state index contributed by atoms with van der Waals surface area (Å²) in [5, 5.41) is 11.8. The molecule has 0 radical (unpaired) electrons. The summed E-state index contributed by atoms with van der Waals surface area (Å²) in [6.07, 6.45) is 4.17. The Balaban J connectivity index is 1.87. The summed E-state index contributed by atoms with van der Waals surface area (Å²) in [6.45, 7) is 0.878. The Kier molecular flexibility index (Phi) is 3.21. The van der Waals surface area contributed by atoms with Crippen molar-refractivity contribution in [2.24, 2.45) is 5.73 Å². The number of rotatable bonds is 5. The van der Waals surface area contributed by atoms with Gasteiger partial charge in [0.15, 0.2) is 0 Å². The van der Waals surface area contributed by atoms with E-state index < -0.39 is 0 Å². The zero-order chi connectivity index (χ0) is 13.2. The first-order chi connectivity index (χ1) is 9.24. The zero-order valence-corrected chi connectivity index (χ0v) is 11.4. The van der Waals surface area contributed by atoms with E-state index in [0.29, 0.717) is 6.04 Å². The van der Waals surface area contributed by atoms with Gasteiger partial charge < -0.3 is 10.6 Å². The molecule has 0 aliphatic heterocycles. The predicted molar refractivity (Wildman–Crippen MR) is 78.8 cm³/mol. The molecule has 0 unspecified atom stereocenters. The van der Waals surface area contributed by atoms with Crippen LogP contribution in [0.5, 0.6) is 0 Å². The molecular weight excluding hydrogens is 256 g/mol. The minimum Gasteiger partial charge on any atom is -0.384 e. The van der Waals surface area contributed by atoms with E-state index in [-0.39, 0.29) is 5.84 Å². The highest BCUT2D eigenvalue weighted by Crippen LogP contribution is 2.32. The van der Waals surface area contributed by atoms with Crippen molar-refractivity contribution < 1.29 is 0 Å². The lowest BCUT2D eigenvalue weighted by atomic mass is 10.2. The van der Waals surface area contributed by atoms with E-state index in [1.54, 1.807) is 23.6 Å². The van der Waals surface area contributed by atoms with Gasteiger partial charge in [-0.1, -0.05) is 0 Å². The third kappa shape index (κ3) is 2.76. The summed E-state index contributed by atoms with van der Waals surface area (Å²) in [4.78, 5) is 6.76. The Morgan fingerprint density at radius 1 is 1.47 bits per heavy atom. The number of hydrogen-bond donors (Lipinski definition) is 2. The van der Waals surface area contributed by atoms with Gasteiger partial charge in [0.25, 0.3) is 0 Å². The highest BCUT2D eigenvalue weighted by molar-refractivity contribution is 7.07. The fourth-order valence-electron chi connectivity index (χ4n) is 2.11. The van der Waals surface area contributed by atoms with Gasteiger partial charge in [0.1, 0.15) is 11.7 Å². The van der Waals surface area contributed by atoms with E-state index >= 15 is 0 Å². The van der Waals surface area contributed by atoms with Crippen molar-refractivity contribution in [1.29, 1.82) is 5.41 Å². The Bertz CT molecular complexity index is 575. The van der Waals surface area contributed by atoms with Gasteiger partial charge in [-0.2, -0.15) is 11.3 Å². The van der Waals surface area contributed by atoms with Crippen LogP contribution in [0.1, 0.15) is 24.0 Å². The van der Waals surface area contributed by atoms with Crippen LogP contribution in [0.2, 0.25) is 0 Å². The van der Waals surface area contributed by atoms with Gasteiger partial charge in [-0.3, -0.25) is 5.41 Å². The van der Waals surface area contributed by atoms with Crippen LogP contribution in [0.3, 0.4) is 0 Å². The maximum Gasteiger partial charge on any atom is 0.129 e. The fraction of sp³-hybridized carbons (Fsp3) is 0.286. The minimum absolute atomic E-state index is 0.0925. The lowest BCUT2D eigenvalue weighted by Gasteiger charge is -2.23. The summed E-state index contributed by atoms with van der Waals surface area (Å²) in [5.74, 6) is 1.01. The van der Waals surface area contributed by atoms with Gasteiger partial charge in [-0.05, 0) is 47.4 Å². The average molecular weight is 272 g/mol. The van der Waals surface area contributed by atoms with Crippen molar-refractivity contribution >= 4 is 23.0 Å². The molecule has 1 aliphatic rings. The van der Waals surface area contributed by atoms with Crippen molar-refractivity contribution in [2.75, 3.05) is 4.90 Å². The molecule has 5 heteroatoms. The van der Waals surface area contributed by atoms with E-state index in [2.05, 4.69) is 26.7 Å². The molecule has 3 N–H and O–H groups in total. The number of nitrogens with two attached hydrogens (primary N) is 1. The van der Waals surface area contributed by atoms with E-state index in [9.17, 15) is 0 Å². The van der Waals surface area contributed by atoms with Crippen LogP contribution in [-0.4, -0.2) is 16.9 Å². The van der Waals surface area contributed by atoms with Crippen LogP contribution in [-0.2, 0) is 6.54 Å². The van der Waals surface area contributed by atoms with Crippen molar-refractivity contribution in [3.05, 3.63) is 46.3 Å². The highest BCUT2D eigenvalue weighted by atomic mass is 32.1. The van der Waals surface area contributed by atoms with Crippen LogP contribution in [0, 0.1) is 5.41 Å². The topological polar surface area (TPSA) is 66.0 Å². The molecule has 2 aromatic rings. The van der Waals surface area contributed by atoms with Gasteiger partial charge in [0.05, 0.1) is 0 Å². The van der Waals surface area contributed by atoms with Crippen LogP contribution >= 0.6 is 11.3 Å². The largest absolute Gasteiger partial charge is 0.384 e.